The van der Waals surface area contributed by atoms with Crippen LogP contribution in [-0.2, 0) is 11.2 Å². The zero-order valence-corrected chi connectivity index (χ0v) is 21.0. The lowest BCUT2D eigenvalue weighted by molar-refractivity contribution is 0.0526. The molecule has 0 radical (unpaired) electrons. The van der Waals surface area contributed by atoms with Crippen LogP contribution in [0.25, 0.3) is 11.3 Å². The number of thiazole rings is 1. The summed E-state index contributed by atoms with van der Waals surface area (Å²) >= 11 is 1.31. The molecule has 2 aromatic carbocycles. The molecule has 2 heterocycles. The first-order valence-electron chi connectivity index (χ1n) is 11.4. The van der Waals surface area contributed by atoms with Crippen LogP contribution in [0.1, 0.15) is 44.8 Å². The van der Waals surface area contributed by atoms with E-state index < -0.39 is 5.97 Å². The smallest absolute Gasteiger partial charge is 0.367 e. The predicted octanol–water partition coefficient (Wildman–Crippen LogP) is 5.82. The van der Waals surface area contributed by atoms with Crippen molar-refractivity contribution in [2.24, 2.45) is 5.92 Å². The molecule has 0 saturated carbocycles. The number of hydrogen-bond donors (Lipinski definition) is 0. The summed E-state index contributed by atoms with van der Waals surface area (Å²) in [5.41, 5.74) is 1.99. The molecule has 1 saturated heterocycles. The summed E-state index contributed by atoms with van der Waals surface area (Å²) in [6, 6.07) is 11.8. The van der Waals surface area contributed by atoms with Gasteiger partial charge in [-0.1, -0.05) is 0 Å². The molecule has 186 valence electrons. The van der Waals surface area contributed by atoms with Gasteiger partial charge in [-0.2, -0.15) is 0 Å². The predicted molar refractivity (Wildman–Crippen MR) is 134 cm³/mol. The van der Waals surface area contributed by atoms with Gasteiger partial charge in [-0.25, -0.2) is 18.6 Å². The number of ketones is 1. The van der Waals surface area contributed by atoms with Gasteiger partial charge in [-0.05, 0) is 87.8 Å². The first kappa shape index (κ1) is 26.9. The van der Waals surface area contributed by atoms with E-state index >= 15 is 0 Å². The zero-order chi connectivity index (χ0) is 24.1. The van der Waals surface area contributed by atoms with E-state index in [2.05, 4.69) is 9.88 Å². The molecule has 1 aliphatic rings. The standard InChI is InChI=1S/C26H26F2N2O3S.ClH/c1-2-33-26(32)25-29-23(17-3-7-20(27)8-4-17)22(34-25)13-16-30-14-11-19(12-15-30)24(31)18-5-9-21(28)10-6-18;/h3-10,19H,2,11-16H2,1H3;1H. The lowest BCUT2D eigenvalue weighted by Gasteiger charge is -2.31. The van der Waals surface area contributed by atoms with Gasteiger partial charge < -0.3 is 9.64 Å². The normalized spacial score (nSPS) is 14.4. The number of esters is 1. The molecule has 3 aromatic rings. The first-order valence-corrected chi connectivity index (χ1v) is 12.2. The number of piperidine rings is 1. The van der Waals surface area contributed by atoms with Crippen LogP contribution in [0.4, 0.5) is 8.78 Å². The highest BCUT2D eigenvalue weighted by Gasteiger charge is 2.26. The van der Waals surface area contributed by atoms with E-state index in [0.29, 0.717) is 22.7 Å². The van der Waals surface area contributed by atoms with Crippen LogP contribution in [0, 0.1) is 17.6 Å². The number of carbonyl (C=O) groups is 2. The molecule has 4 rings (SSSR count). The molecule has 1 fully saturated rings. The number of aromatic nitrogens is 1. The van der Waals surface area contributed by atoms with Gasteiger partial charge in [0.2, 0.25) is 5.01 Å². The van der Waals surface area contributed by atoms with Crippen LogP contribution in [0.2, 0.25) is 0 Å². The number of ether oxygens (including phenoxy) is 1. The Morgan fingerprint density at radius 3 is 2.23 bits per heavy atom. The van der Waals surface area contributed by atoms with Crippen molar-refractivity contribution in [2.75, 3.05) is 26.2 Å². The second-order valence-corrected chi connectivity index (χ2v) is 9.34. The van der Waals surface area contributed by atoms with Crippen LogP contribution in [0.5, 0.6) is 0 Å². The Kier molecular flexibility index (Phi) is 9.48. The van der Waals surface area contributed by atoms with E-state index in [4.69, 9.17) is 4.74 Å². The molecule has 0 atom stereocenters. The largest absolute Gasteiger partial charge is 0.461 e. The Morgan fingerprint density at radius 1 is 1.03 bits per heavy atom. The maximum Gasteiger partial charge on any atom is 0.367 e. The topological polar surface area (TPSA) is 59.5 Å². The Labute approximate surface area is 213 Å². The highest BCUT2D eigenvalue weighted by molar-refractivity contribution is 7.14. The molecule has 35 heavy (non-hydrogen) atoms. The fourth-order valence-electron chi connectivity index (χ4n) is 4.16. The molecule has 5 nitrogen and oxygen atoms in total. The molecular weight excluding hydrogens is 494 g/mol. The van der Waals surface area contributed by atoms with Crippen molar-refractivity contribution in [3.05, 3.63) is 75.6 Å². The third kappa shape index (κ3) is 6.72. The van der Waals surface area contributed by atoms with Gasteiger partial charge in [0.15, 0.2) is 5.78 Å². The van der Waals surface area contributed by atoms with Gasteiger partial charge in [-0.3, -0.25) is 4.79 Å². The lowest BCUT2D eigenvalue weighted by atomic mass is 9.89. The third-order valence-electron chi connectivity index (χ3n) is 6.01. The average Bonchev–Trinajstić information content (AvgIpc) is 3.28. The van der Waals surface area contributed by atoms with Crippen LogP contribution in [-0.4, -0.2) is 47.9 Å². The molecule has 0 amide bonds. The fraction of sp³-hybridized carbons (Fsp3) is 0.346. The maximum atomic E-state index is 13.4. The number of hydrogen-bond acceptors (Lipinski definition) is 6. The summed E-state index contributed by atoms with van der Waals surface area (Å²) in [4.78, 5) is 32.7. The molecule has 1 aromatic heterocycles. The average molecular weight is 521 g/mol. The van der Waals surface area contributed by atoms with Gasteiger partial charge in [0.25, 0.3) is 0 Å². The Balaban J connectivity index is 0.00000342. The number of likely N-dealkylation sites (tertiary alicyclic amines) is 1. The number of rotatable bonds is 8. The minimum absolute atomic E-state index is 0. The lowest BCUT2D eigenvalue weighted by Crippen LogP contribution is -2.37. The van der Waals surface area contributed by atoms with Crippen molar-refractivity contribution in [1.29, 1.82) is 0 Å². The van der Waals surface area contributed by atoms with Gasteiger partial charge in [0.05, 0.1) is 12.3 Å². The summed E-state index contributed by atoms with van der Waals surface area (Å²) in [5, 5.41) is 0.291. The van der Waals surface area contributed by atoms with E-state index in [1.807, 2.05) is 0 Å². The minimum Gasteiger partial charge on any atom is -0.461 e. The molecule has 0 spiro atoms. The van der Waals surface area contributed by atoms with Crippen molar-refractivity contribution in [3.8, 4) is 11.3 Å². The fourth-order valence-corrected chi connectivity index (χ4v) is 5.13. The summed E-state index contributed by atoms with van der Waals surface area (Å²) in [7, 11) is 0. The van der Waals surface area contributed by atoms with Crippen molar-refractivity contribution in [3.63, 3.8) is 0 Å². The number of benzene rings is 2. The molecule has 0 bridgehead atoms. The zero-order valence-electron chi connectivity index (χ0n) is 19.3. The summed E-state index contributed by atoms with van der Waals surface area (Å²) in [6.07, 6.45) is 2.18. The molecule has 0 aliphatic carbocycles. The molecule has 1 aliphatic heterocycles. The highest BCUT2D eigenvalue weighted by Crippen LogP contribution is 2.30. The van der Waals surface area contributed by atoms with E-state index in [9.17, 15) is 18.4 Å². The number of nitrogens with zero attached hydrogens (tertiary/aromatic N) is 2. The third-order valence-corrected chi connectivity index (χ3v) is 7.10. The summed E-state index contributed by atoms with van der Waals surface area (Å²) in [6.45, 7) is 4.35. The monoisotopic (exact) mass is 520 g/mol. The van der Waals surface area contributed by atoms with Crippen molar-refractivity contribution in [2.45, 2.75) is 26.2 Å². The van der Waals surface area contributed by atoms with E-state index in [-0.39, 0.29) is 42.3 Å². The number of Topliss-reactive ketones (excluding diaryl/α,β-unsaturated/α-hetero) is 1. The van der Waals surface area contributed by atoms with Gasteiger partial charge in [0.1, 0.15) is 11.6 Å². The molecular formula is C26H27ClF2N2O3S. The summed E-state index contributed by atoms with van der Waals surface area (Å²) < 4.78 is 31.7. The van der Waals surface area contributed by atoms with Gasteiger partial charge in [0, 0.05) is 28.5 Å². The maximum absolute atomic E-state index is 13.4. The van der Waals surface area contributed by atoms with Crippen LogP contribution in [0.3, 0.4) is 0 Å². The van der Waals surface area contributed by atoms with Crippen molar-refractivity contribution >= 4 is 35.5 Å². The van der Waals surface area contributed by atoms with Crippen LogP contribution < -0.4 is 0 Å². The Bertz CT molecular complexity index is 1140. The highest BCUT2D eigenvalue weighted by atomic mass is 35.5. The van der Waals surface area contributed by atoms with Crippen LogP contribution >= 0.6 is 23.7 Å². The Hall–Kier alpha value is -2.68. The first-order chi connectivity index (χ1) is 16.4. The molecule has 0 unspecified atom stereocenters. The second-order valence-electron chi connectivity index (χ2n) is 8.26. The van der Waals surface area contributed by atoms with Crippen LogP contribution in [0.15, 0.2) is 48.5 Å². The minimum atomic E-state index is -0.456. The quantitative estimate of drug-likeness (QED) is 0.276. The van der Waals surface area contributed by atoms with Crippen molar-refractivity contribution < 1.29 is 23.1 Å². The Morgan fingerprint density at radius 2 is 1.63 bits per heavy atom. The number of carbonyl (C=O) groups excluding carboxylic acids is 2. The molecule has 9 heteroatoms. The van der Waals surface area contributed by atoms with Gasteiger partial charge >= 0.3 is 5.97 Å². The SMILES string of the molecule is CCOC(=O)c1nc(-c2ccc(F)cc2)c(CCN2CCC(C(=O)c3ccc(F)cc3)CC2)s1.Cl. The van der Waals surface area contributed by atoms with Gasteiger partial charge in [-0.15, -0.1) is 23.7 Å². The molecule has 0 N–H and O–H groups in total. The summed E-state index contributed by atoms with van der Waals surface area (Å²) in [5.74, 6) is -1.12. The van der Waals surface area contributed by atoms with E-state index in [1.165, 1.54) is 35.6 Å². The van der Waals surface area contributed by atoms with E-state index in [0.717, 1.165) is 42.9 Å². The second kappa shape index (κ2) is 12.3. The van der Waals surface area contributed by atoms with E-state index in [1.54, 1.807) is 31.2 Å². The van der Waals surface area contributed by atoms with Crippen molar-refractivity contribution in [1.82, 2.24) is 9.88 Å². The number of halogens is 3.